The number of piperazine rings is 1. The van der Waals surface area contributed by atoms with Crippen molar-refractivity contribution in [1.82, 2.24) is 9.80 Å². The minimum Gasteiger partial charge on any atom is -0.298 e. The lowest BCUT2D eigenvalue weighted by molar-refractivity contribution is 0.00398. The van der Waals surface area contributed by atoms with Crippen molar-refractivity contribution in [3.05, 3.63) is 35.6 Å². The quantitative estimate of drug-likeness (QED) is 0.837. The van der Waals surface area contributed by atoms with E-state index in [-0.39, 0.29) is 11.9 Å². The highest BCUT2D eigenvalue weighted by Crippen LogP contribution is 2.33. The van der Waals surface area contributed by atoms with E-state index < -0.39 is 0 Å². The average Bonchev–Trinajstić information content (AvgIpc) is 2.92. The zero-order valence-electron chi connectivity index (χ0n) is 13.4. The summed E-state index contributed by atoms with van der Waals surface area (Å²) in [7, 11) is 0. The van der Waals surface area contributed by atoms with Crippen LogP contribution in [0.25, 0.3) is 0 Å². The molecule has 3 unspecified atom stereocenters. The van der Waals surface area contributed by atoms with Crippen molar-refractivity contribution in [1.29, 1.82) is 0 Å². The lowest BCUT2D eigenvalue weighted by Crippen LogP contribution is -2.58. The van der Waals surface area contributed by atoms with Gasteiger partial charge in [0.05, 0.1) is 0 Å². The van der Waals surface area contributed by atoms with Crippen LogP contribution < -0.4 is 0 Å². The van der Waals surface area contributed by atoms with E-state index in [1.54, 1.807) is 6.07 Å². The van der Waals surface area contributed by atoms with Gasteiger partial charge < -0.3 is 0 Å². The molecule has 3 rings (SSSR count). The summed E-state index contributed by atoms with van der Waals surface area (Å²) in [5.74, 6) is 0.502. The highest BCUT2D eigenvalue weighted by Gasteiger charge is 2.39. The first kappa shape index (κ1) is 15.0. The first-order chi connectivity index (χ1) is 10.1. The molecule has 2 aliphatic rings. The van der Waals surface area contributed by atoms with Crippen molar-refractivity contribution in [2.45, 2.75) is 51.7 Å². The summed E-state index contributed by atoms with van der Waals surface area (Å²) < 4.78 is 13.5. The lowest BCUT2D eigenvalue weighted by atomic mass is 9.93. The first-order valence-electron chi connectivity index (χ1n) is 8.31. The van der Waals surface area contributed by atoms with Gasteiger partial charge in [-0.05, 0) is 49.9 Å². The second-order valence-corrected chi connectivity index (χ2v) is 7.03. The maximum Gasteiger partial charge on any atom is 0.123 e. The molecule has 0 bridgehead atoms. The largest absolute Gasteiger partial charge is 0.298 e. The van der Waals surface area contributed by atoms with Crippen molar-refractivity contribution in [2.24, 2.45) is 5.92 Å². The molecule has 1 aromatic carbocycles. The molecule has 0 saturated carbocycles. The Kier molecular flexibility index (Phi) is 4.32. The van der Waals surface area contributed by atoms with Crippen LogP contribution in [0.15, 0.2) is 24.3 Å². The number of rotatable bonds is 3. The van der Waals surface area contributed by atoms with Crippen molar-refractivity contribution in [3.8, 4) is 0 Å². The van der Waals surface area contributed by atoms with Gasteiger partial charge in [0.2, 0.25) is 0 Å². The normalized spacial score (nSPS) is 28.8. The molecule has 2 saturated heterocycles. The van der Waals surface area contributed by atoms with Crippen molar-refractivity contribution in [3.63, 3.8) is 0 Å². The van der Waals surface area contributed by atoms with E-state index in [1.165, 1.54) is 32.0 Å². The minimum absolute atomic E-state index is 0.125. The second kappa shape index (κ2) is 6.05. The third-order valence-corrected chi connectivity index (χ3v) is 5.37. The van der Waals surface area contributed by atoms with Crippen LogP contribution in [0.3, 0.4) is 0 Å². The maximum absolute atomic E-state index is 13.5. The zero-order chi connectivity index (χ0) is 15.0. The summed E-state index contributed by atoms with van der Waals surface area (Å²) in [6, 6.07) is 8.68. The summed E-state index contributed by atoms with van der Waals surface area (Å²) in [4.78, 5) is 5.28. The molecule has 0 amide bonds. The summed E-state index contributed by atoms with van der Waals surface area (Å²) in [5.41, 5.74) is 1.10. The van der Waals surface area contributed by atoms with Gasteiger partial charge in [-0.1, -0.05) is 26.0 Å². The third-order valence-electron chi connectivity index (χ3n) is 5.37. The lowest BCUT2D eigenvalue weighted by Gasteiger charge is -2.48. The van der Waals surface area contributed by atoms with Gasteiger partial charge in [-0.3, -0.25) is 9.80 Å². The molecule has 0 N–H and O–H groups in total. The molecule has 2 aliphatic heterocycles. The molecule has 2 heterocycles. The van der Waals surface area contributed by atoms with E-state index in [0.29, 0.717) is 18.0 Å². The smallest absolute Gasteiger partial charge is 0.123 e. The molecular formula is C18H27FN2. The molecule has 3 heteroatoms. The Hall–Kier alpha value is -0.930. The third kappa shape index (κ3) is 3.00. The summed E-state index contributed by atoms with van der Waals surface area (Å²) in [6.07, 6.45) is 2.65. The molecule has 3 atom stereocenters. The number of hydrogen-bond acceptors (Lipinski definition) is 2. The van der Waals surface area contributed by atoms with Crippen LogP contribution in [0.2, 0.25) is 0 Å². The second-order valence-electron chi connectivity index (χ2n) is 7.03. The van der Waals surface area contributed by atoms with E-state index in [9.17, 15) is 4.39 Å². The Bertz CT molecular complexity index is 488. The predicted molar refractivity (Wildman–Crippen MR) is 84.7 cm³/mol. The van der Waals surface area contributed by atoms with Gasteiger partial charge in [0, 0.05) is 31.2 Å². The topological polar surface area (TPSA) is 6.48 Å². The molecule has 0 aromatic heterocycles. The SMILES string of the molecule is CC(C)C1CN2CCCC2CN1C(C)c1cccc(F)c1. The maximum atomic E-state index is 13.5. The van der Waals surface area contributed by atoms with E-state index in [0.717, 1.165) is 12.1 Å². The van der Waals surface area contributed by atoms with E-state index in [2.05, 4.69) is 36.6 Å². The van der Waals surface area contributed by atoms with Crippen LogP contribution in [-0.2, 0) is 0 Å². The van der Waals surface area contributed by atoms with Gasteiger partial charge in [0.15, 0.2) is 0 Å². The van der Waals surface area contributed by atoms with Crippen LogP contribution in [-0.4, -0.2) is 41.5 Å². The Morgan fingerprint density at radius 2 is 2.00 bits per heavy atom. The molecule has 0 spiro atoms. The number of halogens is 1. The van der Waals surface area contributed by atoms with Crippen LogP contribution >= 0.6 is 0 Å². The Labute approximate surface area is 127 Å². The highest BCUT2D eigenvalue weighted by atomic mass is 19.1. The first-order valence-corrected chi connectivity index (χ1v) is 8.31. The predicted octanol–water partition coefficient (Wildman–Crippen LogP) is 3.69. The molecule has 1 aromatic rings. The van der Waals surface area contributed by atoms with E-state index in [1.807, 2.05) is 6.07 Å². The molecule has 0 aliphatic carbocycles. The van der Waals surface area contributed by atoms with Gasteiger partial charge in [-0.2, -0.15) is 0 Å². The Balaban J connectivity index is 1.83. The Morgan fingerprint density at radius 3 is 2.71 bits per heavy atom. The van der Waals surface area contributed by atoms with Gasteiger partial charge in [0.25, 0.3) is 0 Å². The van der Waals surface area contributed by atoms with Crippen molar-refractivity contribution < 1.29 is 4.39 Å². The van der Waals surface area contributed by atoms with Crippen molar-refractivity contribution in [2.75, 3.05) is 19.6 Å². The Morgan fingerprint density at radius 1 is 1.19 bits per heavy atom. The molecule has 116 valence electrons. The molecule has 21 heavy (non-hydrogen) atoms. The highest BCUT2D eigenvalue weighted by molar-refractivity contribution is 5.20. The molecule has 2 fully saturated rings. The molecule has 2 nitrogen and oxygen atoms in total. The fraction of sp³-hybridized carbons (Fsp3) is 0.667. The number of hydrogen-bond donors (Lipinski definition) is 0. The summed E-state index contributed by atoms with van der Waals surface area (Å²) >= 11 is 0. The van der Waals surface area contributed by atoms with Gasteiger partial charge in [-0.15, -0.1) is 0 Å². The van der Waals surface area contributed by atoms with Crippen LogP contribution in [0.4, 0.5) is 4.39 Å². The van der Waals surface area contributed by atoms with Gasteiger partial charge in [0.1, 0.15) is 5.82 Å². The number of benzene rings is 1. The van der Waals surface area contributed by atoms with Crippen LogP contribution in [0.1, 0.15) is 45.2 Å². The zero-order valence-corrected chi connectivity index (χ0v) is 13.4. The van der Waals surface area contributed by atoms with Crippen LogP contribution in [0.5, 0.6) is 0 Å². The summed E-state index contributed by atoms with van der Waals surface area (Å²) in [6.45, 7) is 10.4. The van der Waals surface area contributed by atoms with E-state index >= 15 is 0 Å². The van der Waals surface area contributed by atoms with Crippen LogP contribution in [0, 0.1) is 11.7 Å². The van der Waals surface area contributed by atoms with E-state index in [4.69, 9.17) is 0 Å². The molecule has 0 radical (unpaired) electrons. The fourth-order valence-electron chi connectivity index (χ4n) is 4.06. The number of nitrogens with zero attached hydrogens (tertiary/aromatic N) is 2. The standard InChI is InChI=1S/C18H27FN2/c1-13(2)18-12-20-9-5-8-17(20)11-21(18)14(3)15-6-4-7-16(19)10-15/h4,6-7,10,13-14,17-18H,5,8-9,11-12H2,1-3H3. The van der Waals surface area contributed by atoms with Gasteiger partial charge >= 0.3 is 0 Å². The van der Waals surface area contributed by atoms with Gasteiger partial charge in [-0.25, -0.2) is 4.39 Å². The monoisotopic (exact) mass is 290 g/mol. The summed E-state index contributed by atoms with van der Waals surface area (Å²) in [5, 5.41) is 0. The molecular weight excluding hydrogens is 263 g/mol. The fourth-order valence-corrected chi connectivity index (χ4v) is 4.06. The van der Waals surface area contributed by atoms with Crippen molar-refractivity contribution >= 4 is 0 Å². The number of fused-ring (bicyclic) bond motifs is 1. The minimum atomic E-state index is -0.125. The average molecular weight is 290 g/mol.